The van der Waals surface area contributed by atoms with Crippen molar-refractivity contribution in [2.75, 3.05) is 6.54 Å². The van der Waals surface area contributed by atoms with Crippen molar-refractivity contribution < 1.29 is 4.39 Å². The van der Waals surface area contributed by atoms with Crippen LogP contribution in [0.5, 0.6) is 0 Å². The third kappa shape index (κ3) is 6.35. The minimum absolute atomic E-state index is 0. The van der Waals surface area contributed by atoms with Gasteiger partial charge < -0.3 is 10.6 Å². The highest BCUT2D eigenvalue weighted by Gasteiger charge is 2.05. The van der Waals surface area contributed by atoms with Crippen LogP contribution in [0.4, 0.5) is 4.39 Å². The molecule has 0 unspecified atom stereocenters. The summed E-state index contributed by atoms with van der Waals surface area (Å²) < 4.78 is 13.8. The van der Waals surface area contributed by atoms with Gasteiger partial charge in [-0.3, -0.25) is 0 Å². The van der Waals surface area contributed by atoms with Gasteiger partial charge in [0.25, 0.3) is 0 Å². The second-order valence-electron chi connectivity index (χ2n) is 5.39. The smallest absolute Gasteiger partial charge is 0.191 e. The van der Waals surface area contributed by atoms with Crippen molar-refractivity contribution in [2.24, 2.45) is 4.99 Å². The van der Waals surface area contributed by atoms with Gasteiger partial charge in [0.1, 0.15) is 5.82 Å². The van der Waals surface area contributed by atoms with Gasteiger partial charge in [-0.25, -0.2) is 9.38 Å². The van der Waals surface area contributed by atoms with Crippen LogP contribution in [0.3, 0.4) is 0 Å². The summed E-state index contributed by atoms with van der Waals surface area (Å²) in [6.07, 6.45) is 0. The van der Waals surface area contributed by atoms with Gasteiger partial charge in [0.05, 0.1) is 18.2 Å². The molecular weight excluding hydrogens is 430 g/mol. The summed E-state index contributed by atoms with van der Waals surface area (Å²) in [6, 6.07) is 14.4. The quantitative estimate of drug-likeness (QED) is 0.411. The lowest BCUT2D eigenvalue weighted by molar-refractivity contribution is 0.610. The van der Waals surface area contributed by atoms with Gasteiger partial charge >= 0.3 is 0 Å². The number of benzene rings is 2. The van der Waals surface area contributed by atoms with E-state index in [2.05, 4.69) is 34.7 Å². The van der Waals surface area contributed by atoms with Crippen LogP contribution in [-0.4, -0.2) is 12.5 Å². The lowest BCUT2D eigenvalue weighted by atomic mass is 10.1. The van der Waals surface area contributed by atoms with Gasteiger partial charge in [0, 0.05) is 18.7 Å². The number of rotatable bonds is 5. The van der Waals surface area contributed by atoms with Gasteiger partial charge in [0.15, 0.2) is 5.96 Å². The van der Waals surface area contributed by atoms with Crippen LogP contribution in [-0.2, 0) is 13.1 Å². The van der Waals surface area contributed by atoms with E-state index in [1.165, 1.54) is 29.3 Å². The van der Waals surface area contributed by atoms with E-state index in [1.807, 2.05) is 25.1 Å². The molecule has 0 heterocycles. The fourth-order valence-corrected chi connectivity index (χ4v) is 2.26. The first-order valence-corrected chi connectivity index (χ1v) is 7.89. The number of aliphatic imine (C=N–C) groups is 1. The molecule has 25 heavy (non-hydrogen) atoms. The van der Waals surface area contributed by atoms with Crippen molar-refractivity contribution in [3.05, 3.63) is 70.5 Å². The highest BCUT2D eigenvalue weighted by atomic mass is 127. The summed E-state index contributed by atoms with van der Waals surface area (Å²) >= 11 is 0. The maximum absolute atomic E-state index is 13.8. The molecule has 0 saturated heterocycles. The summed E-state index contributed by atoms with van der Waals surface area (Å²) in [5, 5.41) is 15.3. The molecule has 2 N–H and O–H groups in total. The van der Waals surface area contributed by atoms with Gasteiger partial charge in [-0.2, -0.15) is 5.26 Å². The molecule has 0 saturated carbocycles. The van der Waals surface area contributed by atoms with Crippen LogP contribution in [0.1, 0.15) is 29.2 Å². The standard InChI is InChI=1S/C19H21FN4.HI/c1-3-22-19(23-12-16-7-5-4-6-14(16)2)24-13-17-10-15(11-21)8-9-18(17)20;/h4-10H,3,12-13H2,1-2H3,(H2,22,23,24);1H. The molecule has 2 rings (SSSR count). The Kier molecular flexibility index (Phi) is 8.92. The molecule has 0 bridgehead atoms. The number of guanidine groups is 1. The number of nitriles is 1. The van der Waals surface area contributed by atoms with E-state index in [9.17, 15) is 4.39 Å². The molecule has 2 aromatic carbocycles. The monoisotopic (exact) mass is 452 g/mol. The fraction of sp³-hybridized carbons (Fsp3) is 0.263. The molecule has 0 aliphatic rings. The lowest BCUT2D eigenvalue weighted by Gasteiger charge is -2.13. The zero-order valence-electron chi connectivity index (χ0n) is 14.3. The molecule has 132 valence electrons. The molecule has 0 amide bonds. The van der Waals surface area contributed by atoms with Crippen LogP contribution in [0, 0.1) is 24.1 Å². The molecule has 0 aliphatic heterocycles. The molecule has 0 spiro atoms. The molecule has 6 heteroatoms. The molecule has 0 atom stereocenters. The maximum Gasteiger partial charge on any atom is 0.191 e. The Hall–Kier alpha value is -2.14. The topological polar surface area (TPSA) is 60.2 Å². The Morgan fingerprint density at radius 3 is 2.60 bits per heavy atom. The van der Waals surface area contributed by atoms with Gasteiger partial charge in [-0.1, -0.05) is 24.3 Å². The number of nitrogens with one attached hydrogen (secondary N) is 2. The van der Waals surface area contributed by atoms with Crippen LogP contribution in [0.25, 0.3) is 0 Å². The number of aryl methyl sites for hydroxylation is 1. The largest absolute Gasteiger partial charge is 0.357 e. The zero-order chi connectivity index (χ0) is 17.4. The first-order chi connectivity index (χ1) is 11.6. The van der Waals surface area contributed by atoms with Crippen molar-refractivity contribution in [3.8, 4) is 6.07 Å². The van der Waals surface area contributed by atoms with Crippen molar-refractivity contribution in [3.63, 3.8) is 0 Å². The normalized spacial score (nSPS) is 10.6. The van der Waals surface area contributed by atoms with Gasteiger partial charge in [-0.05, 0) is 43.2 Å². The van der Waals surface area contributed by atoms with Crippen molar-refractivity contribution in [1.29, 1.82) is 5.26 Å². The number of hydrogen-bond donors (Lipinski definition) is 2. The van der Waals surface area contributed by atoms with Crippen LogP contribution < -0.4 is 10.6 Å². The number of nitrogens with zero attached hydrogens (tertiary/aromatic N) is 2. The molecule has 0 aliphatic carbocycles. The molecule has 4 nitrogen and oxygen atoms in total. The third-order valence-corrected chi connectivity index (χ3v) is 3.63. The molecule has 0 aromatic heterocycles. The first kappa shape index (κ1) is 20.9. The Balaban J connectivity index is 0.00000312. The summed E-state index contributed by atoms with van der Waals surface area (Å²) in [7, 11) is 0. The second kappa shape index (κ2) is 10.7. The van der Waals surface area contributed by atoms with Crippen LogP contribution >= 0.6 is 24.0 Å². The summed E-state index contributed by atoms with van der Waals surface area (Å²) in [5.41, 5.74) is 3.22. The van der Waals surface area contributed by atoms with Crippen LogP contribution in [0.15, 0.2) is 47.5 Å². The van der Waals surface area contributed by atoms with E-state index >= 15 is 0 Å². The van der Waals surface area contributed by atoms with E-state index < -0.39 is 0 Å². The van der Waals surface area contributed by atoms with Gasteiger partial charge in [-0.15, -0.1) is 24.0 Å². The molecule has 0 fully saturated rings. The molecule has 2 aromatic rings. The Morgan fingerprint density at radius 2 is 1.92 bits per heavy atom. The highest BCUT2D eigenvalue weighted by molar-refractivity contribution is 14.0. The van der Waals surface area contributed by atoms with Crippen molar-refractivity contribution in [1.82, 2.24) is 10.6 Å². The minimum Gasteiger partial charge on any atom is -0.357 e. The zero-order valence-corrected chi connectivity index (χ0v) is 16.7. The van der Waals surface area contributed by atoms with Gasteiger partial charge in [0.2, 0.25) is 0 Å². The van der Waals surface area contributed by atoms with E-state index in [0.717, 1.165) is 0 Å². The average molecular weight is 452 g/mol. The summed E-state index contributed by atoms with van der Waals surface area (Å²) in [5.74, 6) is 0.259. The van der Waals surface area contributed by atoms with E-state index in [4.69, 9.17) is 5.26 Å². The predicted molar refractivity (Wildman–Crippen MR) is 109 cm³/mol. The fourth-order valence-electron chi connectivity index (χ4n) is 2.26. The highest BCUT2D eigenvalue weighted by Crippen LogP contribution is 2.11. The maximum atomic E-state index is 13.8. The summed E-state index contributed by atoms with van der Waals surface area (Å²) in [4.78, 5) is 4.41. The number of hydrogen-bond acceptors (Lipinski definition) is 2. The molecular formula is C19H22FIN4. The predicted octanol–water partition coefficient (Wildman–Crippen LogP) is 3.88. The SMILES string of the molecule is CCNC(=NCc1cc(C#N)ccc1F)NCc1ccccc1C.I. The third-order valence-electron chi connectivity index (χ3n) is 3.63. The second-order valence-corrected chi connectivity index (χ2v) is 5.39. The van der Waals surface area contributed by atoms with Crippen LogP contribution in [0.2, 0.25) is 0 Å². The Morgan fingerprint density at radius 1 is 1.16 bits per heavy atom. The van der Waals surface area contributed by atoms with Crippen molar-refractivity contribution in [2.45, 2.75) is 26.9 Å². The lowest BCUT2D eigenvalue weighted by Crippen LogP contribution is -2.37. The average Bonchev–Trinajstić information content (AvgIpc) is 2.60. The first-order valence-electron chi connectivity index (χ1n) is 7.89. The number of halogens is 2. The summed E-state index contributed by atoms with van der Waals surface area (Å²) in [6.45, 7) is 5.55. The Bertz CT molecular complexity index is 768. The van der Waals surface area contributed by atoms with E-state index in [0.29, 0.717) is 30.2 Å². The minimum atomic E-state index is -0.354. The van der Waals surface area contributed by atoms with E-state index in [-0.39, 0.29) is 36.3 Å². The van der Waals surface area contributed by atoms with Crippen molar-refractivity contribution >= 4 is 29.9 Å². The van der Waals surface area contributed by atoms with E-state index in [1.54, 1.807) is 0 Å². The Labute approximate surface area is 165 Å². The molecule has 0 radical (unpaired) electrons.